The number of rotatable bonds is 3. The Morgan fingerprint density at radius 1 is 1.30 bits per heavy atom. The van der Waals surface area contributed by atoms with Gasteiger partial charge in [0.05, 0.1) is 0 Å². The molecule has 1 saturated carbocycles. The number of anilines is 1. The lowest BCUT2D eigenvalue weighted by Gasteiger charge is -2.23. The van der Waals surface area contributed by atoms with Crippen LogP contribution in [-0.2, 0) is 5.41 Å². The zero-order valence-corrected chi connectivity index (χ0v) is 14.8. The molecule has 3 atom stereocenters. The molecule has 0 aromatic carbocycles. The lowest BCUT2D eigenvalue weighted by Crippen LogP contribution is -2.26. The highest BCUT2D eigenvalue weighted by Gasteiger charge is 2.31. The second kappa shape index (κ2) is 6.00. The van der Waals surface area contributed by atoms with Gasteiger partial charge in [0.25, 0.3) is 0 Å². The standard InChI is InChI=1S/C16H26BrN3/c1-6-11-7-8-12(10(11)2)18-14-9-13(17)19-15(20-14)16(3,4)5/h9-12H,6-8H2,1-5H3,(H,18,19,20). The van der Waals surface area contributed by atoms with Gasteiger partial charge in [-0.05, 0) is 40.6 Å². The van der Waals surface area contributed by atoms with E-state index < -0.39 is 0 Å². The molecule has 3 unspecified atom stereocenters. The van der Waals surface area contributed by atoms with Crippen molar-refractivity contribution < 1.29 is 0 Å². The molecule has 2 rings (SSSR count). The van der Waals surface area contributed by atoms with Gasteiger partial charge in [-0.25, -0.2) is 9.97 Å². The van der Waals surface area contributed by atoms with Crippen molar-refractivity contribution in [3.63, 3.8) is 0 Å². The summed E-state index contributed by atoms with van der Waals surface area (Å²) in [5, 5.41) is 3.63. The molecule has 1 N–H and O–H groups in total. The fourth-order valence-corrected chi connectivity index (χ4v) is 3.43. The van der Waals surface area contributed by atoms with Crippen molar-refractivity contribution in [3.8, 4) is 0 Å². The van der Waals surface area contributed by atoms with E-state index in [1.54, 1.807) is 0 Å². The normalized spacial score (nSPS) is 26.8. The van der Waals surface area contributed by atoms with E-state index in [9.17, 15) is 0 Å². The second-order valence-corrected chi connectivity index (χ2v) is 7.82. The third-order valence-electron chi connectivity index (χ3n) is 4.45. The molecule has 20 heavy (non-hydrogen) atoms. The summed E-state index contributed by atoms with van der Waals surface area (Å²) < 4.78 is 0.859. The van der Waals surface area contributed by atoms with E-state index in [1.165, 1.54) is 19.3 Å². The molecule has 0 spiro atoms. The van der Waals surface area contributed by atoms with Crippen molar-refractivity contribution in [1.29, 1.82) is 0 Å². The molecule has 0 radical (unpaired) electrons. The van der Waals surface area contributed by atoms with Crippen molar-refractivity contribution >= 4 is 21.7 Å². The van der Waals surface area contributed by atoms with Crippen molar-refractivity contribution in [2.75, 3.05) is 5.32 Å². The quantitative estimate of drug-likeness (QED) is 0.805. The maximum absolute atomic E-state index is 4.70. The Balaban J connectivity index is 2.16. The van der Waals surface area contributed by atoms with Crippen molar-refractivity contribution in [1.82, 2.24) is 9.97 Å². The maximum Gasteiger partial charge on any atom is 0.137 e. The average molecular weight is 340 g/mol. The first-order valence-electron chi connectivity index (χ1n) is 7.63. The smallest absolute Gasteiger partial charge is 0.137 e. The summed E-state index contributed by atoms with van der Waals surface area (Å²) in [4.78, 5) is 9.20. The minimum atomic E-state index is -0.0343. The van der Waals surface area contributed by atoms with E-state index in [1.807, 2.05) is 6.07 Å². The molecule has 0 amide bonds. The summed E-state index contributed by atoms with van der Waals surface area (Å²) in [6.07, 6.45) is 3.85. The first-order chi connectivity index (χ1) is 9.31. The van der Waals surface area contributed by atoms with Crippen LogP contribution in [0.25, 0.3) is 0 Å². The summed E-state index contributed by atoms with van der Waals surface area (Å²) in [5.74, 6) is 3.39. The molecule has 1 aromatic heterocycles. The van der Waals surface area contributed by atoms with E-state index in [4.69, 9.17) is 4.98 Å². The Bertz CT molecular complexity index is 467. The van der Waals surface area contributed by atoms with E-state index in [0.29, 0.717) is 12.0 Å². The molecule has 0 aliphatic heterocycles. The molecule has 0 saturated heterocycles. The number of hydrogen-bond donors (Lipinski definition) is 1. The lowest BCUT2D eigenvalue weighted by atomic mass is 9.93. The zero-order chi connectivity index (χ0) is 14.9. The predicted molar refractivity (Wildman–Crippen MR) is 88.0 cm³/mol. The molecular weight excluding hydrogens is 314 g/mol. The van der Waals surface area contributed by atoms with Crippen molar-refractivity contribution in [3.05, 3.63) is 16.5 Å². The molecule has 3 nitrogen and oxygen atoms in total. The highest BCUT2D eigenvalue weighted by Crippen LogP contribution is 2.35. The number of nitrogens with zero attached hydrogens (tertiary/aromatic N) is 2. The number of halogens is 1. The monoisotopic (exact) mass is 339 g/mol. The van der Waals surface area contributed by atoms with Gasteiger partial charge in [0.1, 0.15) is 16.2 Å². The van der Waals surface area contributed by atoms with E-state index in [-0.39, 0.29) is 5.41 Å². The number of aromatic nitrogens is 2. The molecular formula is C16H26BrN3. The van der Waals surface area contributed by atoms with Crippen LogP contribution in [0.3, 0.4) is 0 Å². The van der Waals surface area contributed by atoms with Gasteiger partial charge in [0, 0.05) is 17.5 Å². The summed E-state index contributed by atoms with van der Waals surface area (Å²) in [5.41, 5.74) is -0.0343. The van der Waals surface area contributed by atoms with Gasteiger partial charge >= 0.3 is 0 Å². The Labute approximate surface area is 131 Å². The maximum atomic E-state index is 4.70. The summed E-state index contributed by atoms with van der Waals surface area (Å²) >= 11 is 3.50. The van der Waals surface area contributed by atoms with Gasteiger partial charge < -0.3 is 5.32 Å². The summed E-state index contributed by atoms with van der Waals surface area (Å²) in [6.45, 7) is 11.1. The molecule has 1 aromatic rings. The Kier molecular flexibility index (Phi) is 4.73. The van der Waals surface area contributed by atoms with Gasteiger partial charge in [-0.1, -0.05) is 41.0 Å². The van der Waals surface area contributed by atoms with Crippen molar-refractivity contribution in [2.24, 2.45) is 11.8 Å². The topological polar surface area (TPSA) is 37.8 Å². The van der Waals surface area contributed by atoms with Crippen LogP contribution < -0.4 is 5.32 Å². The molecule has 1 aliphatic carbocycles. The third kappa shape index (κ3) is 3.51. The van der Waals surface area contributed by atoms with Crippen molar-refractivity contribution in [2.45, 2.75) is 65.3 Å². The highest BCUT2D eigenvalue weighted by molar-refractivity contribution is 9.10. The lowest BCUT2D eigenvalue weighted by molar-refractivity contribution is 0.391. The minimum absolute atomic E-state index is 0.0343. The molecule has 1 aliphatic rings. The van der Waals surface area contributed by atoms with Gasteiger partial charge in [-0.2, -0.15) is 0 Å². The molecule has 4 heteroatoms. The van der Waals surface area contributed by atoms with Crippen LogP contribution in [-0.4, -0.2) is 16.0 Å². The van der Waals surface area contributed by atoms with Crippen LogP contribution in [0.5, 0.6) is 0 Å². The van der Waals surface area contributed by atoms with Gasteiger partial charge in [-0.3, -0.25) is 0 Å². The third-order valence-corrected chi connectivity index (χ3v) is 4.86. The van der Waals surface area contributed by atoms with Gasteiger partial charge in [-0.15, -0.1) is 0 Å². The van der Waals surface area contributed by atoms with E-state index in [2.05, 4.69) is 60.8 Å². The fraction of sp³-hybridized carbons (Fsp3) is 0.750. The number of nitrogens with one attached hydrogen (secondary N) is 1. The summed E-state index contributed by atoms with van der Waals surface area (Å²) in [7, 11) is 0. The van der Waals surface area contributed by atoms with Crippen LogP contribution in [0, 0.1) is 11.8 Å². The van der Waals surface area contributed by atoms with Crippen LogP contribution in [0.2, 0.25) is 0 Å². The molecule has 0 bridgehead atoms. The number of hydrogen-bond acceptors (Lipinski definition) is 3. The van der Waals surface area contributed by atoms with Crippen LogP contribution >= 0.6 is 15.9 Å². The van der Waals surface area contributed by atoms with Gasteiger partial charge in [0.15, 0.2) is 0 Å². The molecule has 1 heterocycles. The SMILES string of the molecule is CCC1CCC(Nc2cc(Br)nc(C(C)(C)C)n2)C1C. The van der Waals surface area contributed by atoms with E-state index >= 15 is 0 Å². The Morgan fingerprint density at radius 2 is 2.00 bits per heavy atom. The van der Waals surface area contributed by atoms with E-state index in [0.717, 1.165) is 22.2 Å². The zero-order valence-electron chi connectivity index (χ0n) is 13.2. The fourth-order valence-electron chi connectivity index (χ4n) is 3.04. The Hall–Kier alpha value is -0.640. The average Bonchev–Trinajstić information content (AvgIpc) is 2.69. The van der Waals surface area contributed by atoms with Crippen LogP contribution in [0.15, 0.2) is 10.7 Å². The van der Waals surface area contributed by atoms with Crippen LogP contribution in [0.4, 0.5) is 5.82 Å². The first kappa shape index (κ1) is 15.7. The minimum Gasteiger partial charge on any atom is -0.367 e. The largest absolute Gasteiger partial charge is 0.367 e. The van der Waals surface area contributed by atoms with Gasteiger partial charge in [0.2, 0.25) is 0 Å². The molecule has 1 fully saturated rings. The predicted octanol–water partition coefficient (Wildman–Crippen LogP) is 4.77. The highest BCUT2D eigenvalue weighted by atomic mass is 79.9. The summed E-state index contributed by atoms with van der Waals surface area (Å²) in [6, 6.07) is 2.52. The second-order valence-electron chi connectivity index (χ2n) is 7.01. The molecule has 112 valence electrons. The van der Waals surface area contributed by atoms with Crippen LogP contribution in [0.1, 0.15) is 59.7 Å². The first-order valence-corrected chi connectivity index (χ1v) is 8.42. The Morgan fingerprint density at radius 3 is 2.55 bits per heavy atom.